The number of amides is 1. The summed E-state index contributed by atoms with van der Waals surface area (Å²) in [6.07, 6.45) is 2.98. The maximum absolute atomic E-state index is 12.9. The monoisotopic (exact) mass is 346 g/mol. The molecule has 2 atom stereocenters. The Balaban J connectivity index is 1.49. The van der Waals surface area contributed by atoms with Crippen LogP contribution in [0.25, 0.3) is 0 Å². The van der Waals surface area contributed by atoms with Crippen LogP contribution in [0.1, 0.15) is 44.9 Å². The summed E-state index contributed by atoms with van der Waals surface area (Å²) in [5.41, 5.74) is 4.58. The Kier molecular flexibility index (Phi) is 3.45. The average Bonchev–Trinajstić information content (AvgIpc) is 3.25. The number of fused-ring (bicyclic) bond motifs is 5. The van der Waals surface area contributed by atoms with Crippen LogP contribution in [0.4, 0.5) is 0 Å². The number of hydrogen-bond donors (Lipinski definition) is 0. The minimum atomic E-state index is 0.115. The van der Waals surface area contributed by atoms with Crippen molar-refractivity contribution in [3.63, 3.8) is 0 Å². The minimum absolute atomic E-state index is 0.115. The van der Waals surface area contributed by atoms with E-state index in [2.05, 4.69) is 47.1 Å². The van der Waals surface area contributed by atoms with Gasteiger partial charge in [0.1, 0.15) is 0 Å². The van der Waals surface area contributed by atoms with Gasteiger partial charge in [0.2, 0.25) is 0 Å². The number of nitrogens with zero attached hydrogens (tertiary/aromatic N) is 2. The molecule has 0 aliphatic carbocycles. The van der Waals surface area contributed by atoms with Crippen molar-refractivity contribution in [1.29, 1.82) is 0 Å². The van der Waals surface area contributed by atoms with Gasteiger partial charge in [0, 0.05) is 22.8 Å². The fraction of sp³-hybridized carbons (Fsp3) is 0.190. The molecule has 2 aliphatic rings. The number of thioether (sulfide) groups is 1. The van der Waals surface area contributed by atoms with E-state index in [4.69, 9.17) is 0 Å². The zero-order chi connectivity index (χ0) is 16.8. The minimum Gasteiger partial charge on any atom is -0.267 e. The molecule has 5 rings (SSSR count). The predicted octanol–water partition coefficient (Wildman–Crippen LogP) is 4.70. The molecule has 1 aromatic heterocycles. The lowest BCUT2D eigenvalue weighted by Gasteiger charge is -2.37. The maximum Gasteiger partial charge on any atom is 0.273 e. The van der Waals surface area contributed by atoms with Crippen molar-refractivity contribution in [3.05, 3.63) is 95.3 Å². The fourth-order valence-electron chi connectivity index (χ4n) is 3.94. The Morgan fingerprint density at radius 1 is 0.960 bits per heavy atom. The zero-order valence-corrected chi connectivity index (χ0v) is 14.5. The van der Waals surface area contributed by atoms with Crippen LogP contribution in [0, 0.1) is 0 Å². The third-order valence-corrected chi connectivity index (χ3v) is 6.44. The van der Waals surface area contributed by atoms with E-state index in [1.54, 1.807) is 0 Å². The molecule has 0 saturated carbocycles. The summed E-state index contributed by atoms with van der Waals surface area (Å²) in [5.74, 6) is 1.10. The van der Waals surface area contributed by atoms with Gasteiger partial charge in [-0.1, -0.05) is 48.5 Å². The van der Waals surface area contributed by atoms with Crippen LogP contribution in [0.5, 0.6) is 0 Å². The van der Waals surface area contributed by atoms with Crippen LogP contribution < -0.4 is 5.01 Å². The van der Waals surface area contributed by atoms with Crippen molar-refractivity contribution >= 4 is 17.7 Å². The van der Waals surface area contributed by atoms with Gasteiger partial charge in [0.15, 0.2) is 0 Å². The number of aromatic nitrogens is 1. The molecule has 1 amide bonds. The molecular formula is C21H18N2OS. The molecule has 0 N–H and O–H groups in total. The van der Waals surface area contributed by atoms with Gasteiger partial charge in [-0.05, 0) is 35.7 Å². The number of hydrogen-bond acceptors (Lipinski definition) is 2. The SMILES string of the molecule is O=C1c2ccccc2[C@@H]2C[C@H](SCc3ccccc3)c3cccn3N12. The van der Waals surface area contributed by atoms with Gasteiger partial charge in [-0.25, -0.2) is 5.01 Å². The van der Waals surface area contributed by atoms with Gasteiger partial charge >= 0.3 is 0 Å². The van der Waals surface area contributed by atoms with Crippen LogP contribution in [0.2, 0.25) is 0 Å². The van der Waals surface area contributed by atoms with Crippen LogP contribution in [-0.2, 0) is 5.75 Å². The molecule has 3 nitrogen and oxygen atoms in total. The molecule has 0 bridgehead atoms. The van der Waals surface area contributed by atoms with Crippen molar-refractivity contribution in [2.75, 3.05) is 5.01 Å². The molecule has 4 heteroatoms. The molecule has 2 aliphatic heterocycles. The third kappa shape index (κ3) is 2.32. The first-order valence-electron chi connectivity index (χ1n) is 8.58. The Morgan fingerprint density at radius 3 is 2.64 bits per heavy atom. The lowest BCUT2D eigenvalue weighted by atomic mass is 9.99. The second-order valence-corrected chi connectivity index (χ2v) is 7.74. The Bertz CT molecular complexity index is 934. The van der Waals surface area contributed by atoms with Crippen molar-refractivity contribution in [1.82, 2.24) is 4.68 Å². The highest BCUT2D eigenvalue weighted by Crippen LogP contribution is 2.48. The van der Waals surface area contributed by atoms with Crippen molar-refractivity contribution in [3.8, 4) is 0 Å². The van der Waals surface area contributed by atoms with Gasteiger partial charge in [-0.15, -0.1) is 11.8 Å². The van der Waals surface area contributed by atoms with Crippen molar-refractivity contribution in [2.24, 2.45) is 0 Å². The zero-order valence-electron chi connectivity index (χ0n) is 13.7. The summed E-state index contributed by atoms with van der Waals surface area (Å²) in [7, 11) is 0. The average molecular weight is 346 g/mol. The summed E-state index contributed by atoms with van der Waals surface area (Å²) in [6.45, 7) is 0. The molecule has 0 saturated heterocycles. The number of benzene rings is 2. The largest absolute Gasteiger partial charge is 0.273 e. The van der Waals surface area contributed by atoms with Gasteiger partial charge in [0.25, 0.3) is 5.91 Å². The number of carbonyl (C=O) groups excluding carboxylic acids is 1. The Morgan fingerprint density at radius 2 is 1.76 bits per heavy atom. The molecule has 0 unspecified atom stereocenters. The normalized spacial score (nSPS) is 21.0. The summed E-state index contributed by atoms with van der Waals surface area (Å²) >= 11 is 1.96. The fourth-order valence-corrected chi connectivity index (χ4v) is 5.20. The molecule has 0 radical (unpaired) electrons. The summed E-state index contributed by atoms with van der Waals surface area (Å²) in [5, 5.41) is 2.31. The van der Waals surface area contributed by atoms with E-state index in [-0.39, 0.29) is 11.9 Å². The first kappa shape index (κ1) is 14.8. The lowest BCUT2D eigenvalue weighted by Crippen LogP contribution is -2.42. The standard InChI is InChI=1S/C21H18N2OS/c24-21-17-10-5-4-9-16(17)19-13-20(18-11-6-12-22(18)23(19)21)25-14-15-7-2-1-3-8-15/h1-12,19-20H,13-14H2/t19-,20-/m0/s1. The first-order valence-corrected chi connectivity index (χ1v) is 9.63. The van der Waals surface area contributed by atoms with Crippen LogP contribution >= 0.6 is 11.8 Å². The lowest BCUT2D eigenvalue weighted by molar-refractivity contribution is 0.0954. The summed E-state index contributed by atoms with van der Waals surface area (Å²) in [6, 6.07) is 23.0. The van der Waals surface area contributed by atoms with E-state index in [0.29, 0.717) is 5.25 Å². The van der Waals surface area contributed by atoms with Crippen LogP contribution in [-0.4, -0.2) is 10.6 Å². The Hall–Kier alpha value is -2.46. The van der Waals surface area contributed by atoms with E-state index in [1.165, 1.54) is 11.3 Å². The van der Waals surface area contributed by atoms with Gasteiger partial charge in [-0.3, -0.25) is 9.47 Å². The molecule has 124 valence electrons. The number of carbonyl (C=O) groups is 1. The molecular weight excluding hydrogens is 328 g/mol. The first-order chi connectivity index (χ1) is 12.3. The van der Waals surface area contributed by atoms with Crippen LogP contribution in [0.15, 0.2) is 72.9 Å². The smallest absolute Gasteiger partial charge is 0.267 e. The number of rotatable bonds is 3. The van der Waals surface area contributed by atoms with E-state index in [9.17, 15) is 4.79 Å². The molecule has 2 aromatic carbocycles. The highest BCUT2D eigenvalue weighted by Gasteiger charge is 2.43. The summed E-state index contributed by atoms with van der Waals surface area (Å²) in [4.78, 5) is 12.9. The Labute approximate surface area is 151 Å². The highest BCUT2D eigenvalue weighted by molar-refractivity contribution is 7.98. The second kappa shape index (κ2) is 5.81. The molecule has 0 spiro atoms. The molecule has 3 heterocycles. The van der Waals surface area contributed by atoms with Crippen LogP contribution in [0.3, 0.4) is 0 Å². The van der Waals surface area contributed by atoms with E-state index in [0.717, 1.165) is 23.3 Å². The van der Waals surface area contributed by atoms with Crippen molar-refractivity contribution in [2.45, 2.75) is 23.5 Å². The van der Waals surface area contributed by atoms with E-state index >= 15 is 0 Å². The molecule has 0 fully saturated rings. The van der Waals surface area contributed by atoms with Gasteiger partial charge in [-0.2, -0.15) is 0 Å². The second-order valence-electron chi connectivity index (χ2n) is 6.55. The topological polar surface area (TPSA) is 25.2 Å². The molecule has 3 aromatic rings. The third-order valence-electron chi connectivity index (χ3n) is 5.11. The predicted molar refractivity (Wildman–Crippen MR) is 101 cm³/mol. The van der Waals surface area contributed by atoms with Gasteiger partial charge < -0.3 is 0 Å². The maximum atomic E-state index is 12.9. The van der Waals surface area contributed by atoms with Gasteiger partial charge in [0.05, 0.1) is 11.7 Å². The van der Waals surface area contributed by atoms with E-state index < -0.39 is 0 Å². The van der Waals surface area contributed by atoms with E-state index in [1.807, 2.05) is 47.2 Å². The quantitative estimate of drug-likeness (QED) is 0.687. The summed E-state index contributed by atoms with van der Waals surface area (Å²) < 4.78 is 2.07. The highest BCUT2D eigenvalue weighted by atomic mass is 32.2. The molecule has 25 heavy (non-hydrogen) atoms. The van der Waals surface area contributed by atoms with Crippen molar-refractivity contribution < 1.29 is 4.79 Å².